The third kappa shape index (κ3) is 3.20. The highest BCUT2D eigenvalue weighted by Crippen LogP contribution is 2.41. The second-order valence-electron chi connectivity index (χ2n) is 7.52. The average molecular weight is 373 g/mol. The topological polar surface area (TPSA) is 101 Å². The molecule has 2 aliphatic rings. The Hall–Kier alpha value is -3.33. The lowest BCUT2D eigenvalue weighted by molar-refractivity contribution is -0.116. The van der Waals surface area contributed by atoms with Crippen LogP contribution in [0, 0.1) is 22.7 Å². The number of rotatable bonds is 4. The number of nitrogens with one attached hydrogen (secondary N) is 4. The molecule has 28 heavy (non-hydrogen) atoms. The van der Waals surface area contributed by atoms with Crippen LogP contribution in [0.5, 0.6) is 0 Å². The van der Waals surface area contributed by atoms with Crippen LogP contribution in [0.15, 0.2) is 30.3 Å². The van der Waals surface area contributed by atoms with E-state index in [1.54, 1.807) is 6.07 Å². The van der Waals surface area contributed by atoms with Crippen molar-refractivity contribution in [2.45, 2.75) is 32.2 Å². The van der Waals surface area contributed by atoms with E-state index in [2.05, 4.69) is 22.0 Å². The summed E-state index contributed by atoms with van der Waals surface area (Å²) in [6.45, 7) is 1.95. The fourth-order valence-electron chi connectivity index (χ4n) is 3.73. The zero-order valence-electron chi connectivity index (χ0n) is 16.0. The predicted octanol–water partition coefficient (Wildman–Crippen LogP) is 4.19. The number of benzene rings is 2. The summed E-state index contributed by atoms with van der Waals surface area (Å²) in [7, 11) is 1.87. The van der Waals surface area contributed by atoms with E-state index in [0.29, 0.717) is 29.3 Å². The third-order valence-electron chi connectivity index (χ3n) is 5.35. The first-order valence-electron chi connectivity index (χ1n) is 9.56. The lowest BCUT2D eigenvalue weighted by atomic mass is 9.94. The van der Waals surface area contributed by atoms with E-state index in [4.69, 9.17) is 5.41 Å². The molecular weight excluding hydrogens is 350 g/mol. The van der Waals surface area contributed by atoms with Crippen LogP contribution in [0.25, 0.3) is 11.1 Å². The van der Waals surface area contributed by atoms with Crippen molar-refractivity contribution in [1.82, 2.24) is 0 Å². The summed E-state index contributed by atoms with van der Waals surface area (Å²) in [6.07, 6.45) is 2.49. The molecule has 4 rings (SSSR count). The van der Waals surface area contributed by atoms with Crippen LogP contribution < -0.4 is 16.0 Å². The van der Waals surface area contributed by atoms with Crippen molar-refractivity contribution in [3.05, 3.63) is 41.5 Å². The van der Waals surface area contributed by atoms with Crippen molar-refractivity contribution in [2.24, 2.45) is 5.92 Å². The summed E-state index contributed by atoms with van der Waals surface area (Å²) in [4.78, 5) is 12.2. The first-order chi connectivity index (χ1) is 13.5. The number of carbonyl (C=O) groups is 1. The number of hydrogen-bond acceptors (Lipinski definition) is 5. The summed E-state index contributed by atoms with van der Waals surface area (Å²) in [5.41, 5.74) is 6.12. The van der Waals surface area contributed by atoms with E-state index in [1.807, 2.05) is 38.2 Å². The maximum Gasteiger partial charge on any atom is 0.226 e. The van der Waals surface area contributed by atoms with Crippen molar-refractivity contribution in [1.29, 1.82) is 10.7 Å². The van der Waals surface area contributed by atoms with E-state index in [0.717, 1.165) is 40.9 Å². The number of amides is 1. The van der Waals surface area contributed by atoms with E-state index < -0.39 is 0 Å². The molecule has 1 aliphatic heterocycles. The quantitative estimate of drug-likeness (QED) is 0.604. The number of fused-ring (bicyclic) bond motifs is 1. The van der Waals surface area contributed by atoms with E-state index in [9.17, 15) is 10.1 Å². The molecule has 1 amide bonds. The number of anilines is 3. The van der Waals surface area contributed by atoms with Crippen LogP contribution >= 0.6 is 0 Å². The normalized spacial score (nSPS) is 18.2. The van der Waals surface area contributed by atoms with E-state index in [-0.39, 0.29) is 11.9 Å². The summed E-state index contributed by atoms with van der Waals surface area (Å²) in [6, 6.07) is 11.8. The minimum atomic E-state index is -0.103. The molecule has 1 atom stereocenters. The molecule has 1 saturated carbocycles. The zero-order chi connectivity index (χ0) is 19.8. The Bertz CT molecular complexity index is 1020. The van der Waals surface area contributed by atoms with Crippen molar-refractivity contribution in [2.75, 3.05) is 23.0 Å². The molecule has 6 heteroatoms. The smallest absolute Gasteiger partial charge is 0.226 e. The van der Waals surface area contributed by atoms with Crippen LogP contribution in [-0.4, -0.2) is 24.7 Å². The van der Waals surface area contributed by atoms with Gasteiger partial charge in [0.05, 0.1) is 16.9 Å². The van der Waals surface area contributed by atoms with E-state index in [1.165, 1.54) is 0 Å². The van der Waals surface area contributed by atoms with Gasteiger partial charge in [-0.25, -0.2) is 0 Å². The fourth-order valence-corrected chi connectivity index (χ4v) is 3.73. The van der Waals surface area contributed by atoms with Gasteiger partial charge in [-0.15, -0.1) is 0 Å². The molecule has 1 fully saturated rings. The van der Waals surface area contributed by atoms with Gasteiger partial charge in [-0.2, -0.15) is 5.26 Å². The highest BCUT2D eigenvalue weighted by molar-refractivity contribution is 6.07. The molecule has 4 N–H and O–H groups in total. The largest absolute Gasteiger partial charge is 0.388 e. The monoisotopic (exact) mass is 373 g/mol. The number of hydrogen-bond donors (Lipinski definition) is 4. The minimum Gasteiger partial charge on any atom is -0.388 e. The molecular formula is C22H23N5O. The van der Waals surface area contributed by atoms with Gasteiger partial charge in [-0.05, 0) is 43.5 Å². The third-order valence-corrected chi connectivity index (χ3v) is 5.35. The maximum absolute atomic E-state index is 12.2. The Balaban J connectivity index is 1.87. The molecule has 0 unspecified atom stereocenters. The SMILES string of the molecule is CNc1ccc(-c2ccc(C#N)c3c2N[C@H](C)CC(=O)N3)cc1C(=N)C1CC1. The Morgan fingerprint density at radius 3 is 2.71 bits per heavy atom. The van der Waals surface area contributed by atoms with Crippen LogP contribution in [0.3, 0.4) is 0 Å². The van der Waals surface area contributed by atoms with E-state index >= 15 is 0 Å². The van der Waals surface area contributed by atoms with Crippen molar-refractivity contribution < 1.29 is 4.79 Å². The van der Waals surface area contributed by atoms with Gasteiger partial charge in [0.2, 0.25) is 5.91 Å². The van der Waals surface area contributed by atoms with Crippen LogP contribution in [0.1, 0.15) is 37.3 Å². The highest BCUT2D eigenvalue weighted by atomic mass is 16.1. The molecule has 1 heterocycles. The lowest BCUT2D eigenvalue weighted by Crippen LogP contribution is -2.19. The standard InChI is InChI=1S/C22H23N5O/c1-12-9-19(28)27-21-15(11-23)5-7-16(22(21)26-12)14-6-8-18(25-2)17(10-14)20(24)13-3-4-13/h5-8,10,12-13,24-26H,3-4,9H2,1-2H3,(H,27,28)/t12-/m1/s1. The molecule has 0 radical (unpaired) electrons. The Labute approximate surface area is 164 Å². The van der Waals surface area contributed by atoms with Gasteiger partial charge in [-0.3, -0.25) is 4.79 Å². The second-order valence-corrected chi connectivity index (χ2v) is 7.52. The van der Waals surface area contributed by atoms with Gasteiger partial charge in [0.15, 0.2) is 0 Å². The highest BCUT2D eigenvalue weighted by Gasteiger charge is 2.29. The molecule has 142 valence electrons. The fraction of sp³-hybridized carbons (Fsp3) is 0.318. The maximum atomic E-state index is 12.2. The molecule has 0 bridgehead atoms. The van der Waals surface area contributed by atoms with Crippen molar-refractivity contribution in [3.8, 4) is 17.2 Å². The van der Waals surface area contributed by atoms with Crippen molar-refractivity contribution in [3.63, 3.8) is 0 Å². The predicted molar refractivity (Wildman–Crippen MR) is 112 cm³/mol. The zero-order valence-corrected chi connectivity index (χ0v) is 16.0. The summed E-state index contributed by atoms with van der Waals surface area (Å²) < 4.78 is 0. The molecule has 2 aromatic carbocycles. The molecule has 2 aromatic rings. The minimum absolute atomic E-state index is 0.0465. The Kier molecular flexibility index (Phi) is 4.52. The van der Waals surface area contributed by atoms with Gasteiger partial charge >= 0.3 is 0 Å². The van der Waals surface area contributed by atoms with Crippen LogP contribution in [0.2, 0.25) is 0 Å². The first-order valence-corrected chi connectivity index (χ1v) is 9.56. The summed E-state index contributed by atoms with van der Waals surface area (Å²) in [5, 5.41) is 27.5. The molecule has 0 spiro atoms. The lowest BCUT2D eigenvalue weighted by Gasteiger charge is -2.19. The van der Waals surface area contributed by atoms with Crippen LogP contribution in [-0.2, 0) is 4.79 Å². The Morgan fingerprint density at radius 1 is 1.25 bits per heavy atom. The van der Waals surface area contributed by atoms with Gasteiger partial charge in [0, 0.05) is 48.0 Å². The molecule has 6 nitrogen and oxygen atoms in total. The molecule has 0 aromatic heterocycles. The van der Waals surface area contributed by atoms with Gasteiger partial charge in [0.25, 0.3) is 0 Å². The number of nitrogens with zero attached hydrogens (tertiary/aromatic N) is 1. The molecule has 0 saturated heterocycles. The Morgan fingerprint density at radius 2 is 2.04 bits per heavy atom. The van der Waals surface area contributed by atoms with Gasteiger partial charge in [0.1, 0.15) is 6.07 Å². The average Bonchev–Trinajstić information content (AvgIpc) is 3.53. The first kappa shape index (κ1) is 18.1. The van der Waals surface area contributed by atoms with Gasteiger partial charge < -0.3 is 21.4 Å². The summed E-state index contributed by atoms with van der Waals surface area (Å²) >= 11 is 0. The van der Waals surface area contributed by atoms with Gasteiger partial charge in [-0.1, -0.05) is 12.1 Å². The number of carbonyl (C=O) groups excluding carboxylic acids is 1. The van der Waals surface area contributed by atoms with Crippen molar-refractivity contribution >= 4 is 28.7 Å². The molecule has 1 aliphatic carbocycles. The second kappa shape index (κ2) is 7.01. The van der Waals surface area contributed by atoms with Crippen LogP contribution in [0.4, 0.5) is 17.1 Å². The summed E-state index contributed by atoms with van der Waals surface area (Å²) in [5.74, 6) is 0.243. The number of nitriles is 1.